The maximum atomic E-state index is 12.4. The highest BCUT2D eigenvalue weighted by atomic mass is 16.4. The minimum atomic E-state index is -1.66. The van der Waals surface area contributed by atoms with E-state index in [1.807, 2.05) is 54.6 Å². The number of amides is 1. The normalized spacial score (nSPS) is 11.9. The summed E-state index contributed by atoms with van der Waals surface area (Å²) in [6.07, 6.45) is 5.60. The van der Waals surface area contributed by atoms with Crippen LogP contribution in [0.15, 0.2) is 115 Å². The van der Waals surface area contributed by atoms with E-state index in [1.165, 1.54) is 17.7 Å². The summed E-state index contributed by atoms with van der Waals surface area (Å²) in [6, 6.07) is 32.0. The van der Waals surface area contributed by atoms with E-state index in [4.69, 9.17) is 20.6 Å². The van der Waals surface area contributed by atoms with Crippen LogP contribution >= 0.6 is 0 Å². The van der Waals surface area contributed by atoms with Crippen molar-refractivity contribution in [2.24, 2.45) is 0 Å². The molecule has 5 aromatic rings. The number of imidazole rings is 1. The molecule has 5 rings (SSSR count). The molecule has 1 atom stereocenters. The van der Waals surface area contributed by atoms with Crippen LogP contribution in [-0.4, -0.2) is 61.5 Å². The number of aryl methyl sites for hydroxylation is 1. The van der Waals surface area contributed by atoms with Gasteiger partial charge in [-0.05, 0) is 47.2 Å². The Labute approximate surface area is 289 Å². The lowest BCUT2D eigenvalue weighted by molar-refractivity contribution is -0.146. The van der Waals surface area contributed by atoms with Gasteiger partial charge in [0.2, 0.25) is 5.91 Å². The fraction of sp³-hybridized carbons (Fsp3) is 0.125. The fourth-order valence-electron chi connectivity index (χ4n) is 5.22. The maximum Gasteiger partial charge on any atom is 0.332 e. The van der Waals surface area contributed by atoms with E-state index in [-0.39, 0.29) is 18.0 Å². The number of aliphatic carboxylic acids is 2. The van der Waals surface area contributed by atoms with Crippen molar-refractivity contribution in [3.63, 3.8) is 0 Å². The van der Waals surface area contributed by atoms with Crippen LogP contribution in [-0.2, 0) is 20.8 Å². The zero-order chi connectivity index (χ0) is 35.5. The van der Waals surface area contributed by atoms with Gasteiger partial charge in [0.1, 0.15) is 5.82 Å². The van der Waals surface area contributed by atoms with E-state index in [0.717, 1.165) is 52.4 Å². The van der Waals surface area contributed by atoms with Gasteiger partial charge in [-0.2, -0.15) is 0 Å². The fourth-order valence-corrected chi connectivity index (χ4v) is 5.22. The number of carbonyl (C=O) groups excluding carboxylic acids is 1. The van der Waals surface area contributed by atoms with Crippen LogP contribution in [0.1, 0.15) is 35.1 Å². The number of hydrogen-bond donors (Lipinski definition) is 6. The van der Waals surface area contributed by atoms with Crippen molar-refractivity contribution in [2.75, 3.05) is 6.54 Å². The van der Waals surface area contributed by atoms with Crippen molar-refractivity contribution in [1.29, 1.82) is 5.41 Å². The van der Waals surface area contributed by atoms with E-state index in [0.29, 0.717) is 23.6 Å². The molecule has 1 amide bonds. The van der Waals surface area contributed by atoms with Gasteiger partial charge >= 0.3 is 11.9 Å². The van der Waals surface area contributed by atoms with Crippen LogP contribution in [0.5, 0.6) is 0 Å². The van der Waals surface area contributed by atoms with Crippen LogP contribution < -0.4 is 5.32 Å². The summed E-state index contributed by atoms with van der Waals surface area (Å²) in [5, 5.41) is 38.8. The number of rotatable bonds is 15. The molecule has 0 bridgehead atoms. The van der Waals surface area contributed by atoms with Gasteiger partial charge in [0.05, 0.1) is 11.4 Å². The maximum absolute atomic E-state index is 12.4. The minimum Gasteiger partial charge on any atom is -0.479 e. The van der Waals surface area contributed by atoms with Crippen molar-refractivity contribution < 1.29 is 29.7 Å². The smallest absolute Gasteiger partial charge is 0.332 e. The number of benzene rings is 4. The van der Waals surface area contributed by atoms with E-state index in [1.54, 1.807) is 42.5 Å². The van der Waals surface area contributed by atoms with E-state index in [2.05, 4.69) is 22.4 Å². The van der Waals surface area contributed by atoms with Gasteiger partial charge in [0, 0.05) is 47.5 Å². The third-order valence-electron chi connectivity index (χ3n) is 7.91. The topological polar surface area (TPSA) is 176 Å². The molecule has 1 aromatic heterocycles. The predicted octanol–water partition coefficient (Wildman–Crippen LogP) is 6.47. The molecule has 252 valence electrons. The van der Waals surface area contributed by atoms with E-state index < -0.39 is 18.0 Å². The number of hydrogen-bond acceptors (Lipinski definition) is 6. The van der Waals surface area contributed by atoms with Gasteiger partial charge in [-0.25, -0.2) is 14.6 Å². The Bertz CT molecular complexity index is 2010. The summed E-state index contributed by atoms with van der Waals surface area (Å²) >= 11 is 0. The largest absolute Gasteiger partial charge is 0.479 e. The first kappa shape index (κ1) is 34.9. The second-order valence-electron chi connectivity index (χ2n) is 11.6. The molecule has 0 radical (unpaired) electrons. The molecule has 0 aliphatic heterocycles. The molecule has 1 heterocycles. The number of nitrogens with zero attached hydrogens (tertiary/aromatic N) is 1. The van der Waals surface area contributed by atoms with Crippen LogP contribution in [0.3, 0.4) is 0 Å². The van der Waals surface area contributed by atoms with Gasteiger partial charge < -0.3 is 31.0 Å². The Kier molecular flexibility index (Phi) is 11.6. The van der Waals surface area contributed by atoms with Crippen LogP contribution in [0.25, 0.3) is 46.1 Å². The first-order chi connectivity index (χ1) is 24.2. The first-order valence-electron chi connectivity index (χ1n) is 16.0. The first-order valence-corrected chi connectivity index (χ1v) is 16.0. The van der Waals surface area contributed by atoms with Crippen LogP contribution in [0, 0.1) is 5.41 Å². The molecule has 4 aromatic carbocycles. The average Bonchev–Trinajstić information content (AvgIpc) is 3.58. The number of aliphatic hydroxyl groups excluding tert-OH is 1. The second-order valence-corrected chi connectivity index (χ2v) is 11.6. The summed E-state index contributed by atoms with van der Waals surface area (Å²) in [5.74, 6) is -2.00. The Morgan fingerprint density at radius 3 is 2.00 bits per heavy atom. The van der Waals surface area contributed by atoms with Crippen molar-refractivity contribution in [3.8, 4) is 33.9 Å². The monoisotopic (exact) mass is 668 g/mol. The van der Waals surface area contributed by atoms with Gasteiger partial charge in [-0.15, -0.1) is 0 Å². The zero-order valence-corrected chi connectivity index (χ0v) is 27.0. The molecule has 6 N–H and O–H groups in total. The molecule has 0 aliphatic carbocycles. The number of carboxylic acid groups (broad SMARTS) is 2. The zero-order valence-electron chi connectivity index (χ0n) is 27.0. The van der Waals surface area contributed by atoms with Gasteiger partial charge in [0.15, 0.2) is 6.10 Å². The van der Waals surface area contributed by atoms with Crippen LogP contribution in [0.2, 0.25) is 0 Å². The lowest BCUT2D eigenvalue weighted by atomic mass is 9.99. The van der Waals surface area contributed by atoms with Crippen molar-refractivity contribution >= 4 is 35.7 Å². The summed E-state index contributed by atoms with van der Waals surface area (Å²) in [4.78, 5) is 42.7. The molecule has 0 saturated heterocycles. The summed E-state index contributed by atoms with van der Waals surface area (Å²) in [6.45, 7) is 0.579. The molecule has 10 heteroatoms. The highest BCUT2D eigenvalue weighted by Gasteiger charge is 2.18. The second kappa shape index (κ2) is 16.6. The van der Waals surface area contributed by atoms with Crippen molar-refractivity contribution in [3.05, 3.63) is 138 Å². The number of nitrogens with one attached hydrogen (secondary N) is 3. The molecule has 50 heavy (non-hydrogen) atoms. The SMILES string of the molecule is N=C(CC(O)C(=O)O)c1ccc(-c2nc(-c3ccc(/C=C/C(=O)O)cc3)[nH]c2-c2ccc(/C=C/C(=O)NCCCc3ccccc3)cc2)cc1. The Morgan fingerprint density at radius 1 is 0.780 bits per heavy atom. The summed E-state index contributed by atoms with van der Waals surface area (Å²) in [5.41, 5.74) is 6.99. The Morgan fingerprint density at radius 2 is 1.38 bits per heavy atom. The van der Waals surface area contributed by atoms with E-state index in [9.17, 15) is 19.5 Å². The molecule has 0 aliphatic rings. The number of aliphatic hydroxyl groups is 1. The Hall–Kier alpha value is -6.39. The van der Waals surface area contributed by atoms with Gasteiger partial charge in [-0.3, -0.25) is 4.79 Å². The molecular weight excluding hydrogens is 632 g/mol. The number of carboxylic acids is 2. The number of aromatic nitrogens is 2. The average molecular weight is 669 g/mol. The number of aromatic amines is 1. The molecule has 1 unspecified atom stereocenters. The summed E-state index contributed by atoms with van der Waals surface area (Å²) in [7, 11) is 0. The van der Waals surface area contributed by atoms with Crippen LogP contribution in [0.4, 0.5) is 0 Å². The number of H-pyrrole nitrogens is 1. The minimum absolute atomic E-state index is 0.00376. The quantitative estimate of drug-likeness (QED) is 0.0420. The lowest BCUT2D eigenvalue weighted by Gasteiger charge is -2.09. The molecule has 10 nitrogen and oxygen atoms in total. The molecular formula is C40H36N4O6. The van der Waals surface area contributed by atoms with Gasteiger partial charge in [0.25, 0.3) is 0 Å². The molecule has 0 spiro atoms. The molecule has 0 fully saturated rings. The van der Waals surface area contributed by atoms with E-state index >= 15 is 0 Å². The van der Waals surface area contributed by atoms with Crippen molar-refractivity contribution in [2.45, 2.75) is 25.4 Å². The highest BCUT2D eigenvalue weighted by molar-refractivity contribution is 6.00. The third-order valence-corrected chi connectivity index (χ3v) is 7.91. The van der Waals surface area contributed by atoms with Crippen molar-refractivity contribution in [1.82, 2.24) is 15.3 Å². The third kappa shape index (κ3) is 9.59. The highest BCUT2D eigenvalue weighted by Crippen LogP contribution is 2.34. The Balaban J connectivity index is 1.35. The standard InChI is InChI=1S/C40H36N4O6/c41-33(25-34(45)40(49)50)29-18-20-31(21-19-29)38-37(43-39(44-38)32-16-10-28(11-17-32)13-23-36(47)48)30-14-8-27(9-15-30)12-22-35(46)42-24-4-7-26-5-2-1-3-6-26/h1-3,5-6,8-23,34,41,45H,4,7,24-25H2,(H,42,46)(H,43,44)(H,47,48)(H,49,50)/b22-12+,23-13+,41-33?. The molecule has 0 saturated carbocycles. The predicted molar refractivity (Wildman–Crippen MR) is 193 cm³/mol. The summed E-state index contributed by atoms with van der Waals surface area (Å²) < 4.78 is 0. The van der Waals surface area contributed by atoms with Gasteiger partial charge in [-0.1, -0.05) is 103 Å². The number of carbonyl (C=O) groups is 3. The lowest BCUT2D eigenvalue weighted by Crippen LogP contribution is -2.23.